The van der Waals surface area contributed by atoms with Gasteiger partial charge in [-0.2, -0.15) is 0 Å². The number of fused-ring (bicyclic) bond motifs is 1. The number of aryl methyl sites for hydroxylation is 1. The van der Waals surface area contributed by atoms with Gasteiger partial charge in [-0.05, 0) is 48.9 Å². The van der Waals surface area contributed by atoms with Crippen LogP contribution in [0.4, 0.5) is 5.13 Å². The number of carbonyl (C=O) groups excluding carboxylic acids is 1. The highest BCUT2D eigenvalue weighted by atomic mass is 35.5. The van der Waals surface area contributed by atoms with Crippen molar-refractivity contribution in [3.05, 3.63) is 53.1 Å². The summed E-state index contributed by atoms with van der Waals surface area (Å²) in [5.41, 5.74) is 2.31. The lowest BCUT2D eigenvalue weighted by atomic mass is 10.2. The first-order chi connectivity index (χ1) is 13.1. The molecule has 3 aromatic rings. The maximum Gasteiger partial charge on any atom is 0.233 e. The minimum atomic E-state index is 0.189. The summed E-state index contributed by atoms with van der Waals surface area (Å²) in [4.78, 5) is 22.6. The SMILES string of the molecule is Cc1ccc2nc(N3CCN(C(=O)CSc4ccc(Cl)cc4)CC3)sc2c1. The molecule has 0 bridgehead atoms. The molecule has 1 aliphatic heterocycles. The first kappa shape index (κ1) is 18.6. The summed E-state index contributed by atoms with van der Waals surface area (Å²) in [6.07, 6.45) is 0. The molecule has 4 rings (SSSR count). The van der Waals surface area contributed by atoms with E-state index in [1.54, 1.807) is 23.1 Å². The predicted octanol–water partition coefficient (Wildman–Crippen LogP) is 4.70. The Morgan fingerprint density at radius 1 is 1.15 bits per heavy atom. The third-order valence-electron chi connectivity index (χ3n) is 4.61. The Kier molecular flexibility index (Phi) is 5.57. The molecule has 1 aliphatic rings. The van der Waals surface area contributed by atoms with E-state index in [0.29, 0.717) is 10.8 Å². The average molecular weight is 418 g/mol. The second-order valence-electron chi connectivity index (χ2n) is 6.58. The maximum atomic E-state index is 12.5. The van der Waals surface area contributed by atoms with E-state index in [1.807, 2.05) is 29.2 Å². The fourth-order valence-corrected chi connectivity index (χ4v) is 5.11. The fraction of sp³-hybridized carbons (Fsp3) is 0.300. The van der Waals surface area contributed by atoms with Crippen LogP contribution in [0, 0.1) is 6.92 Å². The molecule has 0 aliphatic carbocycles. The molecule has 1 amide bonds. The molecule has 27 heavy (non-hydrogen) atoms. The summed E-state index contributed by atoms with van der Waals surface area (Å²) in [6.45, 7) is 5.25. The van der Waals surface area contributed by atoms with Gasteiger partial charge in [-0.15, -0.1) is 11.8 Å². The number of anilines is 1. The van der Waals surface area contributed by atoms with E-state index in [1.165, 1.54) is 10.3 Å². The van der Waals surface area contributed by atoms with Crippen LogP contribution in [0.3, 0.4) is 0 Å². The first-order valence-corrected chi connectivity index (χ1v) is 11.0. The first-order valence-electron chi connectivity index (χ1n) is 8.87. The molecule has 0 spiro atoms. The molecular formula is C20H20ClN3OS2. The molecule has 0 N–H and O–H groups in total. The third kappa shape index (κ3) is 4.39. The minimum Gasteiger partial charge on any atom is -0.345 e. The molecule has 7 heteroatoms. The number of rotatable bonds is 4. The summed E-state index contributed by atoms with van der Waals surface area (Å²) in [7, 11) is 0. The van der Waals surface area contributed by atoms with Gasteiger partial charge in [-0.25, -0.2) is 4.98 Å². The van der Waals surface area contributed by atoms with Gasteiger partial charge in [0.1, 0.15) is 0 Å². The van der Waals surface area contributed by atoms with Crippen LogP contribution < -0.4 is 4.90 Å². The fourth-order valence-electron chi connectivity index (χ4n) is 3.07. The number of thiazole rings is 1. The Bertz CT molecular complexity index is 950. The van der Waals surface area contributed by atoms with E-state index in [2.05, 4.69) is 30.0 Å². The van der Waals surface area contributed by atoms with Crippen molar-refractivity contribution in [1.29, 1.82) is 0 Å². The van der Waals surface area contributed by atoms with Crippen LogP contribution in [0.15, 0.2) is 47.4 Å². The summed E-state index contributed by atoms with van der Waals surface area (Å²) < 4.78 is 1.22. The van der Waals surface area contributed by atoms with Crippen molar-refractivity contribution in [2.24, 2.45) is 0 Å². The molecule has 1 aromatic heterocycles. The van der Waals surface area contributed by atoms with Crippen LogP contribution in [0.1, 0.15) is 5.56 Å². The lowest BCUT2D eigenvalue weighted by molar-refractivity contribution is -0.128. The van der Waals surface area contributed by atoms with Gasteiger partial charge >= 0.3 is 0 Å². The van der Waals surface area contributed by atoms with E-state index >= 15 is 0 Å². The van der Waals surface area contributed by atoms with E-state index in [4.69, 9.17) is 16.6 Å². The number of piperazine rings is 1. The van der Waals surface area contributed by atoms with Crippen molar-refractivity contribution < 1.29 is 4.79 Å². The van der Waals surface area contributed by atoms with Crippen molar-refractivity contribution in [1.82, 2.24) is 9.88 Å². The zero-order valence-corrected chi connectivity index (χ0v) is 17.4. The molecule has 140 valence electrons. The van der Waals surface area contributed by atoms with Crippen LogP contribution >= 0.6 is 34.7 Å². The number of hydrogen-bond donors (Lipinski definition) is 0. The summed E-state index contributed by atoms with van der Waals surface area (Å²) in [5, 5.41) is 1.77. The van der Waals surface area contributed by atoms with Crippen molar-refractivity contribution in [3.8, 4) is 0 Å². The van der Waals surface area contributed by atoms with Gasteiger partial charge < -0.3 is 9.80 Å². The van der Waals surface area contributed by atoms with Gasteiger partial charge in [0.2, 0.25) is 5.91 Å². The molecule has 2 aromatic carbocycles. The Hall–Kier alpha value is -1.76. The topological polar surface area (TPSA) is 36.4 Å². The highest BCUT2D eigenvalue weighted by Gasteiger charge is 2.23. The number of carbonyl (C=O) groups is 1. The number of benzene rings is 2. The van der Waals surface area contributed by atoms with Crippen LogP contribution in [0.25, 0.3) is 10.2 Å². The second-order valence-corrected chi connectivity index (χ2v) is 9.07. The third-order valence-corrected chi connectivity index (χ3v) is 6.94. The Balaban J connectivity index is 1.32. The lowest BCUT2D eigenvalue weighted by Gasteiger charge is -2.34. The van der Waals surface area contributed by atoms with Gasteiger partial charge in [0, 0.05) is 36.1 Å². The number of hydrogen-bond acceptors (Lipinski definition) is 5. The molecule has 0 radical (unpaired) electrons. The zero-order valence-electron chi connectivity index (χ0n) is 15.0. The van der Waals surface area contributed by atoms with Gasteiger partial charge in [0.25, 0.3) is 0 Å². The molecule has 1 saturated heterocycles. The quantitative estimate of drug-likeness (QED) is 0.576. The summed E-state index contributed by atoms with van der Waals surface area (Å²) in [5.74, 6) is 0.650. The summed E-state index contributed by atoms with van der Waals surface area (Å²) in [6, 6.07) is 14.0. The van der Waals surface area contributed by atoms with Crippen molar-refractivity contribution in [2.45, 2.75) is 11.8 Å². The molecule has 4 nitrogen and oxygen atoms in total. The number of thioether (sulfide) groups is 1. The number of nitrogens with zero attached hydrogens (tertiary/aromatic N) is 3. The highest BCUT2D eigenvalue weighted by Crippen LogP contribution is 2.30. The minimum absolute atomic E-state index is 0.189. The lowest BCUT2D eigenvalue weighted by Crippen LogP contribution is -2.49. The van der Waals surface area contributed by atoms with Gasteiger partial charge in [-0.3, -0.25) is 4.79 Å². The van der Waals surface area contributed by atoms with E-state index in [9.17, 15) is 4.79 Å². The van der Waals surface area contributed by atoms with Crippen molar-refractivity contribution >= 4 is 56.0 Å². The highest BCUT2D eigenvalue weighted by molar-refractivity contribution is 8.00. The molecule has 0 atom stereocenters. The van der Waals surface area contributed by atoms with E-state index in [0.717, 1.165) is 41.7 Å². The van der Waals surface area contributed by atoms with Crippen LogP contribution in [0.2, 0.25) is 5.02 Å². The monoisotopic (exact) mass is 417 g/mol. The average Bonchev–Trinajstić information content (AvgIpc) is 3.10. The maximum absolute atomic E-state index is 12.5. The van der Waals surface area contributed by atoms with Gasteiger partial charge in [0.05, 0.1) is 16.0 Å². The normalized spacial score (nSPS) is 14.7. The Morgan fingerprint density at radius 2 is 1.89 bits per heavy atom. The largest absolute Gasteiger partial charge is 0.345 e. The Morgan fingerprint density at radius 3 is 2.63 bits per heavy atom. The molecule has 0 unspecified atom stereocenters. The molecule has 2 heterocycles. The molecule has 0 saturated carbocycles. The Labute approximate surface area is 172 Å². The molecule has 1 fully saturated rings. The van der Waals surface area contributed by atoms with Crippen LogP contribution in [-0.4, -0.2) is 47.7 Å². The summed E-state index contributed by atoms with van der Waals surface area (Å²) >= 11 is 9.19. The van der Waals surface area contributed by atoms with E-state index in [-0.39, 0.29) is 5.91 Å². The van der Waals surface area contributed by atoms with Gasteiger partial charge in [0.15, 0.2) is 5.13 Å². The molecular weight excluding hydrogens is 398 g/mol. The predicted molar refractivity (Wildman–Crippen MR) is 115 cm³/mol. The smallest absolute Gasteiger partial charge is 0.233 e. The number of halogens is 1. The standard InChI is InChI=1S/C20H20ClN3OS2/c1-14-2-7-17-18(12-14)27-20(22-17)24-10-8-23(9-11-24)19(25)13-26-16-5-3-15(21)4-6-16/h2-7,12H,8-11,13H2,1H3. The van der Waals surface area contributed by atoms with Crippen LogP contribution in [-0.2, 0) is 4.79 Å². The number of amides is 1. The number of aromatic nitrogens is 1. The zero-order chi connectivity index (χ0) is 18.8. The second kappa shape index (κ2) is 8.09. The van der Waals surface area contributed by atoms with Crippen LogP contribution in [0.5, 0.6) is 0 Å². The van der Waals surface area contributed by atoms with Gasteiger partial charge in [-0.1, -0.05) is 29.0 Å². The van der Waals surface area contributed by atoms with Crippen molar-refractivity contribution in [2.75, 3.05) is 36.8 Å². The van der Waals surface area contributed by atoms with Crippen molar-refractivity contribution in [3.63, 3.8) is 0 Å². The van der Waals surface area contributed by atoms with E-state index < -0.39 is 0 Å².